The van der Waals surface area contributed by atoms with Gasteiger partial charge in [-0.05, 0) is 51.5 Å². The minimum Gasteiger partial charge on any atom is -0.393 e. The summed E-state index contributed by atoms with van der Waals surface area (Å²) in [6.07, 6.45) is 3.55. The van der Waals surface area contributed by atoms with Crippen LogP contribution in [0.3, 0.4) is 0 Å². The van der Waals surface area contributed by atoms with Crippen molar-refractivity contribution < 1.29 is 9.90 Å². The fraction of sp³-hybridized carbons (Fsp3) is 0.714. The van der Waals surface area contributed by atoms with Gasteiger partial charge in [-0.2, -0.15) is 5.10 Å². The van der Waals surface area contributed by atoms with Crippen molar-refractivity contribution in [1.82, 2.24) is 15.1 Å². The van der Waals surface area contributed by atoms with Crippen molar-refractivity contribution in [3.63, 3.8) is 0 Å². The molecule has 1 fully saturated rings. The minimum absolute atomic E-state index is 0.0476. The molecule has 1 amide bonds. The summed E-state index contributed by atoms with van der Waals surface area (Å²) in [6, 6.07) is 1.82. The number of aliphatic hydroxyl groups excluding tert-OH is 1. The largest absolute Gasteiger partial charge is 0.393 e. The molecule has 1 aromatic heterocycles. The number of amides is 1. The van der Waals surface area contributed by atoms with Gasteiger partial charge in [0, 0.05) is 13.1 Å². The molecule has 106 valence electrons. The van der Waals surface area contributed by atoms with Gasteiger partial charge in [-0.3, -0.25) is 9.48 Å². The van der Waals surface area contributed by atoms with Crippen molar-refractivity contribution >= 4 is 5.91 Å². The quantitative estimate of drug-likeness (QED) is 0.866. The summed E-state index contributed by atoms with van der Waals surface area (Å²) in [6.45, 7) is 5.27. The molecule has 0 aliphatic heterocycles. The number of hydrogen-bond donors (Lipinski definition) is 2. The molecule has 0 radical (unpaired) electrons. The molecule has 1 aliphatic carbocycles. The van der Waals surface area contributed by atoms with E-state index >= 15 is 0 Å². The van der Waals surface area contributed by atoms with Gasteiger partial charge in [0.25, 0.3) is 5.91 Å². The van der Waals surface area contributed by atoms with E-state index in [2.05, 4.69) is 10.4 Å². The van der Waals surface area contributed by atoms with E-state index in [-0.39, 0.29) is 12.0 Å². The average Bonchev–Trinajstić information content (AvgIpc) is 2.79. The van der Waals surface area contributed by atoms with Crippen molar-refractivity contribution in [3.05, 3.63) is 17.5 Å². The van der Waals surface area contributed by atoms with E-state index < -0.39 is 0 Å². The number of rotatable bonds is 4. The predicted molar refractivity (Wildman–Crippen MR) is 72.9 cm³/mol. The zero-order valence-corrected chi connectivity index (χ0v) is 11.7. The number of carbonyl (C=O) groups is 1. The third-order valence-electron chi connectivity index (χ3n) is 3.80. The standard InChI is InChI=1S/C14H23N3O2/c1-3-17-13(8-10(2)16-17)14(19)15-9-11-4-6-12(18)7-5-11/h8,11-12,18H,3-7,9H2,1-2H3,(H,15,19). The highest BCUT2D eigenvalue weighted by Gasteiger charge is 2.20. The summed E-state index contributed by atoms with van der Waals surface area (Å²) < 4.78 is 1.73. The van der Waals surface area contributed by atoms with Gasteiger partial charge in [0.1, 0.15) is 5.69 Å². The summed E-state index contributed by atoms with van der Waals surface area (Å²) in [5, 5.41) is 16.7. The molecular formula is C14H23N3O2. The van der Waals surface area contributed by atoms with Crippen molar-refractivity contribution in [3.8, 4) is 0 Å². The van der Waals surface area contributed by atoms with Gasteiger partial charge in [-0.15, -0.1) is 0 Å². The third-order valence-corrected chi connectivity index (χ3v) is 3.80. The van der Waals surface area contributed by atoms with Crippen LogP contribution in [-0.4, -0.2) is 33.4 Å². The van der Waals surface area contributed by atoms with Crippen LogP contribution >= 0.6 is 0 Å². The van der Waals surface area contributed by atoms with Crippen LogP contribution in [0, 0.1) is 12.8 Å². The Balaban J connectivity index is 1.87. The second kappa shape index (κ2) is 6.19. The van der Waals surface area contributed by atoms with E-state index in [0.29, 0.717) is 24.7 Å². The van der Waals surface area contributed by atoms with E-state index in [1.807, 2.05) is 19.9 Å². The summed E-state index contributed by atoms with van der Waals surface area (Å²) in [4.78, 5) is 12.1. The predicted octanol–water partition coefficient (Wildman–Crippen LogP) is 1.49. The zero-order valence-electron chi connectivity index (χ0n) is 11.7. The molecule has 1 heterocycles. The molecule has 0 spiro atoms. The van der Waals surface area contributed by atoms with E-state index in [4.69, 9.17) is 0 Å². The molecular weight excluding hydrogens is 242 g/mol. The van der Waals surface area contributed by atoms with Gasteiger partial charge in [-0.25, -0.2) is 0 Å². The minimum atomic E-state index is -0.142. The molecule has 5 heteroatoms. The lowest BCUT2D eigenvalue weighted by molar-refractivity contribution is 0.0901. The fourth-order valence-corrected chi connectivity index (χ4v) is 2.65. The van der Waals surface area contributed by atoms with Crippen molar-refractivity contribution in [1.29, 1.82) is 0 Å². The number of aryl methyl sites for hydroxylation is 2. The second-order valence-electron chi connectivity index (χ2n) is 5.37. The third kappa shape index (κ3) is 3.56. The molecule has 0 saturated heterocycles. The molecule has 0 unspecified atom stereocenters. The van der Waals surface area contributed by atoms with Gasteiger partial charge < -0.3 is 10.4 Å². The molecule has 2 N–H and O–H groups in total. The van der Waals surface area contributed by atoms with E-state index in [1.165, 1.54) is 0 Å². The lowest BCUT2D eigenvalue weighted by atomic mass is 9.87. The van der Waals surface area contributed by atoms with E-state index in [1.54, 1.807) is 4.68 Å². The first-order valence-electron chi connectivity index (χ1n) is 7.11. The van der Waals surface area contributed by atoms with Crippen LogP contribution in [0.4, 0.5) is 0 Å². The Morgan fingerprint density at radius 2 is 2.16 bits per heavy atom. The second-order valence-corrected chi connectivity index (χ2v) is 5.37. The molecule has 5 nitrogen and oxygen atoms in total. The summed E-state index contributed by atoms with van der Waals surface area (Å²) in [5.74, 6) is 0.444. The number of nitrogens with one attached hydrogen (secondary N) is 1. The first kappa shape index (κ1) is 14.1. The van der Waals surface area contributed by atoms with Crippen molar-refractivity contribution in [2.24, 2.45) is 5.92 Å². The molecule has 0 bridgehead atoms. The van der Waals surface area contributed by atoms with Crippen LogP contribution < -0.4 is 5.32 Å². The lowest BCUT2D eigenvalue weighted by Gasteiger charge is -2.25. The maximum atomic E-state index is 12.1. The van der Waals surface area contributed by atoms with Crippen LogP contribution in [0.15, 0.2) is 6.07 Å². The Bertz CT molecular complexity index is 434. The number of aromatic nitrogens is 2. The van der Waals surface area contributed by atoms with E-state index in [9.17, 15) is 9.90 Å². The normalized spacial score (nSPS) is 23.3. The molecule has 1 saturated carbocycles. The van der Waals surface area contributed by atoms with Gasteiger partial charge in [0.2, 0.25) is 0 Å². The van der Waals surface area contributed by atoms with Crippen molar-refractivity contribution in [2.45, 2.75) is 52.2 Å². The molecule has 1 aromatic rings. The first-order chi connectivity index (χ1) is 9.10. The lowest BCUT2D eigenvalue weighted by Crippen LogP contribution is -2.33. The Morgan fingerprint density at radius 3 is 2.79 bits per heavy atom. The number of aliphatic hydroxyl groups is 1. The SMILES string of the molecule is CCn1nc(C)cc1C(=O)NCC1CCC(O)CC1. The van der Waals surface area contributed by atoms with Gasteiger partial charge in [-0.1, -0.05) is 0 Å². The summed E-state index contributed by atoms with van der Waals surface area (Å²) in [7, 11) is 0. The first-order valence-corrected chi connectivity index (χ1v) is 7.11. The molecule has 2 rings (SSSR count). The van der Waals surface area contributed by atoms with Gasteiger partial charge in [0.15, 0.2) is 0 Å². The number of hydrogen-bond acceptors (Lipinski definition) is 3. The zero-order chi connectivity index (χ0) is 13.8. The average molecular weight is 265 g/mol. The Hall–Kier alpha value is -1.36. The van der Waals surface area contributed by atoms with Crippen LogP contribution in [0.25, 0.3) is 0 Å². The molecule has 0 atom stereocenters. The van der Waals surface area contributed by atoms with Gasteiger partial charge in [0.05, 0.1) is 11.8 Å². The van der Waals surface area contributed by atoms with Crippen LogP contribution in [0.5, 0.6) is 0 Å². The summed E-state index contributed by atoms with van der Waals surface area (Å²) >= 11 is 0. The van der Waals surface area contributed by atoms with Crippen LogP contribution in [0.1, 0.15) is 48.8 Å². The maximum Gasteiger partial charge on any atom is 0.269 e. The van der Waals surface area contributed by atoms with Crippen LogP contribution in [-0.2, 0) is 6.54 Å². The number of nitrogens with zero attached hydrogens (tertiary/aromatic N) is 2. The highest BCUT2D eigenvalue weighted by Crippen LogP contribution is 2.23. The highest BCUT2D eigenvalue weighted by molar-refractivity contribution is 5.92. The molecule has 1 aliphatic rings. The molecule has 0 aromatic carbocycles. The number of carbonyl (C=O) groups excluding carboxylic acids is 1. The fourth-order valence-electron chi connectivity index (χ4n) is 2.65. The smallest absolute Gasteiger partial charge is 0.269 e. The monoisotopic (exact) mass is 265 g/mol. The molecule has 19 heavy (non-hydrogen) atoms. The highest BCUT2D eigenvalue weighted by atomic mass is 16.3. The topological polar surface area (TPSA) is 67.2 Å². The Labute approximate surface area is 114 Å². The van der Waals surface area contributed by atoms with Crippen molar-refractivity contribution in [2.75, 3.05) is 6.54 Å². The Morgan fingerprint density at radius 1 is 1.47 bits per heavy atom. The van der Waals surface area contributed by atoms with Gasteiger partial charge >= 0.3 is 0 Å². The Kier molecular flexibility index (Phi) is 4.58. The van der Waals surface area contributed by atoms with Crippen LogP contribution in [0.2, 0.25) is 0 Å². The maximum absolute atomic E-state index is 12.1. The van der Waals surface area contributed by atoms with E-state index in [0.717, 1.165) is 31.4 Å². The summed E-state index contributed by atoms with van der Waals surface area (Å²) in [5.41, 5.74) is 1.50.